The third kappa shape index (κ3) is 12.5. The first-order valence-electron chi connectivity index (χ1n) is 10.2. The second kappa shape index (κ2) is 15.0. The average molecular weight is 326 g/mol. The molecule has 0 heterocycles. The molecule has 0 saturated heterocycles. The maximum absolute atomic E-state index is 12.0. The largest absolute Gasteiger partial charge is 0.462 e. The first-order valence-corrected chi connectivity index (χ1v) is 10.2. The number of unbranched alkanes of at least 4 members (excludes halogenated alkanes) is 4. The quantitative estimate of drug-likeness (QED) is 0.473. The van der Waals surface area contributed by atoms with Crippen LogP contribution >= 0.6 is 0 Å². The minimum absolute atomic E-state index is 0.0286. The molecule has 0 aromatic rings. The summed E-state index contributed by atoms with van der Waals surface area (Å²) in [6.07, 6.45) is 20.4. The van der Waals surface area contributed by atoms with E-state index in [1.54, 1.807) is 0 Å². The van der Waals surface area contributed by atoms with E-state index in [-0.39, 0.29) is 12.1 Å². The lowest BCUT2D eigenvalue weighted by Gasteiger charge is -2.18. The Morgan fingerprint density at radius 2 is 1.22 bits per heavy atom. The molecule has 1 rings (SSSR count). The van der Waals surface area contributed by atoms with Crippen molar-refractivity contribution in [3.05, 3.63) is 0 Å². The van der Waals surface area contributed by atoms with E-state index < -0.39 is 0 Å². The zero-order valence-electron chi connectivity index (χ0n) is 15.2. The van der Waals surface area contributed by atoms with Crippen LogP contribution in [0.4, 0.5) is 0 Å². The van der Waals surface area contributed by atoms with E-state index in [2.05, 4.69) is 0 Å². The van der Waals surface area contributed by atoms with E-state index in [0.29, 0.717) is 6.42 Å². The Morgan fingerprint density at radius 1 is 0.739 bits per heavy atom. The Morgan fingerprint density at radius 3 is 1.78 bits per heavy atom. The fraction of sp³-hybridized carbons (Fsp3) is 0.950. The summed E-state index contributed by atoms with van der Waals surface area (Å²) in [7, 11) is 0. The highest BCUT2D eigenvalue weighted by molar-refractivity contribution is 5.69. The van der Waals surface area contributed by atoms with E-state index in [1.165, 1.54) is 70.6 Å². The van der Waals surface area contributed by atoms with E-state index in [4.69, 9.17) is 10.5 Å². The van der Waals surface area contributed by atoms with E-state index >= 15 is 0 Å². The van der Waals surface area contributed by atoms with Crippen molar-refractivity contribution in [3.63, 3.8) is 0 Å². The Balaban J connectivity index is 2.15. The molecule has 0 atom stereocenters. The van der Waals surface area contributed by atoms with E-state index in [0.717, 1.165) is 38.6 Å². The SMILES string of the molecule is NCCCCCCCC(=O)OC1CCCCCCCCCCC1. The van der Waals surface area contributed by atoms with Crippen LogP contribution in [0.2, 0.25) is 0 Å². The van der Waals surface area contributed by atoms with Crippen LogP contribution in [0.25, 0.3) is 0 Å². The molecular weight excluding hydrogens is 286 g/mol. The highest BCUT2D eigenvalue weighted by Crippen LogP contribution is 2.19. The Kier molecular flexibility index (Phi) is 13.3. The van der Waals surface area contributed by atoms with Gasteiger partial charge >= 0.3 is 5.97 Å². The Labute approximate surface area is 143 Å². The van der Waals surface area contributed by atoms with Crippen molar-refractivity contribution in [3.8, 4) is 0 Å². The molecule has 1 fully saturated rings. The van der Waals surface area contributed by atoms with Gasteiger partial charge in [0.2, 0.25) is 0 Å². The summed E-state index contributed by atoms with van der Waals surface area (Å²) in [4.78, 5) is 12.0. The summed E-state index contributed by atoms with van der Waals surface area (Å²) in [5.74, 6) is 0.0286. The maximum atomic E-state index is 12.0. The molecule has 0 radical (unpaired) electrons. The van der Waals surface area contributed by atoms with Crippen LogP contribution in [-0.4, -0.2) is 18.6 Å². The number of esters is 1. The predicted molar refractivity (Wildman–Crippen MR) is 97.4 cm³/mol. The van der Waals surface area contributed by atoms with Gasteiger partial charge in [-0.05, 0) is 45.1 Å². The molecule has 0 amide bonds. The first-order chi connectivity index (χ1) is 11.3. The van der Waals surface area contributed by atoms with Crippen molar-refractivity contribution in [1.82, 2.24) is 0 Å². The number of ether oxygens (including phenoxy) is 1. The van der Waals surface area contributed by atoms with Crippen molar-refractivity contribution in [2.24, 2.45) is 5.73 Å². The lowest BCUT2D eigenvalue weighted by atomic mass is 9.99. The second-order valence-electron chi connectivity index (χ2n) is 7.18. The topological polar surface area (TPSA) is 52.3 Å². The zero-order valence-corrected chi connectivity index (χ0v) is 15.2. The summed E-state index contributed by atoms with van der Waals surface area (Å²) in [5, 5.41) is 0. The van der Waals surface area contributed by atoms with Gasteiger partial charge in [-0.1, -0.05) is 64.2 Å². The molecule has 0 aliphatic heterocycles. The van der Waals surface area contributed by atoms with Gasteiger partial charge in [-0.15, -0.1) is 0 Å². The van der Waals surface area contributed by atoms with Crippen LogP contribution in [0.1, 0.15) is 109 Å². The van der Waals surface area contributed by atoms with Crippen LogP contribution in [0.15, 0.2) is 0 Å². The van der Waals surface area contributed by atoms with Crippen molar-refractivity contribution < 1.29 is 9.53 Å². The molecule has 1 aliphatic rings. The van der Waals surface area contributed by atoms with Gasteiger partial charge < -0.3 is 10.5 Å². The van der Waals surface area contributed by atoms with Gasteiger partial charge in [0.15, 0.2) is 0 Å². The molecule has 2 N–H and O–H groups in total. The van der Waals surface area contributed by atoms with Gasteiger partial charge in [-0.25, -0.2) is 0 Å². The molecule has 0 aromatic heterocycles. The van der Waals surface area contributed by atoms with Crippen molar-refractivity contribution >= 4 is 5.97 Å². The molecule has 3 nitrogen and oxygen atoms in total. The molecule has 23 heavy (non-hydrogen) atoms. The number of hydrogen-bond acceptors (Lipinski definition) is 3. The van der Waals surface area contributed by atoms with E-state index in [1.807, 2.05) is 0 Å². The van der Waals surface area contributed by atoms with Gasteiger partial charge in [0, 0.05) is 6.42 Å². The van der Waals surface area contributed by atoms with Crippen molar-refractivity contribution in [1.29, 1.82) is 0 Å². The smallest absolute Gasteiger partial charge is 0.306 e. The van der Waals surface area contributed by atoms with E-state index in [9.17, 15) is 4.79 Å². The summed E-state index contributed by atoms with van der Waals surface area (Å²) in [6.45, 7) is 0.781. The van der Waals surface area contributed by atoms with Crippen LogP contribution in [-0.2, 0) is 9.53 Å². The average Bonchev–Trinajstić information content (AvgIpc) is 2.53. The minimum atomic E-state index is 0.0286. The van der Waals surface area contributed by atoms with Crippen LogP contribution in [0, 0.1) is 0 Å². The molecule has 3 heteroatoms. The summed E-state index contributed by atoms with van der Waals surface area (Å²) in [5.41, 5.74) is 5.48. The third-order valence-electron chi connectivity index (χ3n) is 4.94. The molecule has 1 saturated carbocycles. The maximum Gasteiger partial charge on any atom is 0.306 e. The summed E-state index contributed by atoms with van der Waals surface area (Å²) in [6, 6.07) is 0. The zero-order chi connectivity index (χ0) is 16.6. The van der Waals surface area contributed by atoms with Crippen LogP contribution in [0.3, 0.4) is 0 Å². The van der Waals surface area contributed by atoms with Gasteiger partial charge in [0.1, 0.15) is 6.10 Å². The van der Waals surface area contributed by atoms with Crippen molar-refractivity contribution in [2.45, 2.75) is 115 Å². The standard InChI is InChI=1S/C20H39NO2/c21-18-14-10-6-9-13-17-20(22)23-19-15-11-7-4-2-1-3-5-8-12-16-19/h19H,1-18,21H2. The lowest BCUT2D eigenvalue weighted by molar-refractivity contribution is -0.150. The summed E-state index contributed by atoms with van der Waals surface area (Å²) >= 11 is 0. The fourth-order valence-corrected chi connectivity index (χ4v) is 3.43. The molecule has 0 unspecified atom stereocenters. The molecule has 136 valence electrons. The normalized spacial score (nSPS) is 18.8. The fourth-order valence-electron chi connectivity index (χ4n) is 3.43. The molecule has 0 spiro atoms. The first kappa shape index (κ1) is 20.5. The number of rotatable bonds is 8. The highest BCUT2D eigenvalue weighted by Gasteiger charge is 2.14. The van der Waals surface area contributed by atoms with Gasteiger partial charge in [0.05, 0.1) is 0 Å². The number of hydrogen-bond donors (Lipinski definition) is 1. The third-order valence-corrected chi connectivity index (χ3v) is 4.94. The molecular formula is C20H39NO2. The van der Waals surface area contributed by atoms with Gasteiger partial charge in [-0.2, -0.15) is 0 Å². The second-order valence-corrected chi connectivity index (χ2v) is 7.18. The monoisotopic (exact) mass is 325 g/mol. The Bertz CT molecular complexity index is 269. The molecule has 1 aliphatic carbocycles. The highest BCUT2D eigenvalue weighted by atomic mass is 16.5. The number of carbonyl (C=O) groups excluding carboxylic acids is 1. The number of nitrogens with two attached hydrogens (primary N) is 1. The van der Waals surface area contributed by atoms with Gasteiger partial charge in [-0.3, -0.25) is 4.79 Å². The lowest BCUT2D eigenvalue weighted by Crippen LogP contribution is -2.18. The van der Waals surface area contributed by atoms with Crippen LogP contribution in [0.5, 0.6) is 0 Å². The Hall–Kier alpha value is -0.570. The molecule has 0 bridgehead atoms. The van der Waals surface area contributed by atoms with Gasteiger partial charge in [0.25, 0.3) is 0 Å². The summed E-state index contributed by atoms with van der Waals surface area (Å²) < 4.78 is 5.76. The molecule has 0 aromatic carbocycles. The van der Waals surface area contributed by atoms with Crippen LogP contribution < -0.4 is 5.73 Å². The predicted octanol–water partition coefficient (Wildman–Crippen LogP) is 5.50. The number of carbonyl (C=O) groups is 1. The van der Waals surface area contributed by atoms with Crippen molar-refractivity contribution in [2.75, 3.05) is 6.54 Å². The minimum Gasteiger partial charge on any atom is -0.462 e.